The molecular formula is C22H22FN3O3. The molecule has 3 rings (SSSR count). The van der Waals surface area contributed by atoms with E-state index in [-0.39, 0.29) is 6.61 Å². The Kier molecular flexibility index (Phi) is 6.35. The quantitative estimate of drug-likeness (QED) is 0.603. The SMILES string of the molecule is CCOc1ccc2c(C#N)c(-c3ccc(NC(=O)OCCF)cc3)n(CC)c2c1. The molecule has 0 saturated heterocycles. The molecule has 1 aromatic heterocycles. The lowest BCUT2D eigenvalue weighted by Crippen LogP contribution is -2.14. The summed E-state index contributed by atoms with van der Waals surface area (Å²) in [5, 5.41) is 13.2. The van der Waals surface area contributed by atoms with Crippen molar-refractivity contribution in [2.75, 3.05) is 25.2 Å². The zero-order chi connectivity index (χ0) is 20.8. The maximum atomic E-state index is 12.1. The van der Waals surface area contributed by atoms with Gasteiger partial charge in [0, 0.05) is 23.7 Å². The first-order chi connectivity index (χ1) is 14.1. The molecule has 6 nitrogen and oxygen atoms in total. The molecule has 1 heterocycles. The first kappa shape index (κ1) is 20.2. The standard InChI is InChI=1S/C22H22FN3O3/c1-3-26-20-13-17(28-4-2)9-10-18(20)19(14-24)21(26)15-5-7-16(8-6-15)25-22(27)29-12-11-23/h5-10,13H,3-4,11-12H2,1-2H3,(H,25,27). The Labute approximate surface area is 168 Å². The zero-order valence-electron chi connectivity index (χ0n) is 16.4. The van der Waals surface area contributed by atoms with Crippen molar-refractivity contribution in [1.82, 2.24) is 4.57 Å². The minimum absolute atomic E-state index is 0.282. The maximum Gasteiger partial charge on any atom is 0.411 e. The minimum atomic E-state index is -0.726. The third kappa shape index (κ3) is 4.16. The number of carbonyl (C=O) groups is 1. The molecule has 0 fully saturated rings. The molecule has 1 amide bonds. The van der Waals surface area contributed by atoms with Crippen LogP contribution in [0.15, 0.2) is 42.5 Å². The van der Waals surface area contributed by atoms with E-state index in [2.05, 4.69) is 20.7 Å². The molecule has 1 N–H and O–H groups in total. The summed E-state index contributed by atoms with van der Waals surface area (Å²) in [6.07, 6.45) is -0.709. The van der Waals surface area contributed by atoms with Crippen LogP contribution in [-0.2, 0) is 11.3 Å². The number of fused-ring (bicyclic) bond motifs is 1. The van der Waals surface area contributed by atoms with Gasteiger partial charge in [-0.25, -0.2) is 9.18 Å². The molecule has 0 unspecified atom stereocenters. The van der Waals surface area contributed by atoms with E-state index >= 15 is 0 Å². The largest absolute Gasteiger partial charge is 0.494 e. The van der Waals surface area contributed by atoms with Gasteiger partial charge in [-0.1, -0.05) is 12.1 Å². The number of nitrogens with one attached hydrogen (secondary N) is 1. The fourth-order valence-corrected chi connectivity index (χ4v) is 3.32. The molecule has 0 bridgehead atoms. The number of rotatable bonds is 7. The number of hydrogen-bond acceptors (Lipinski definition) is 4. The molecule has 0 saturated carbocycles. The summed E-state index contributed by atoms with van der Waals surface area (Å²) in [4.78, 5) is 11.6. The Morgan fingerprint density at radius 3 is 2.59 bits per heavy atom. The number of amides is 1. The summed E-state index contributed by atoms with van der Waals surface area (Å²) in [7, 11) is 0. The van der Waals surface area contributed by atoms with Crippen LogP contribution in [-0.4, -0.2) is 30.5 Å². The van der Waals surface area contributed by atoms with Gasteiger partial charge in [-0.05, 0) is 43.7 Å². The smallest absolute Gasteiger partial charge is 0.411 e. The molecule has 0 aliphatic carbocycles. The molecule has 0 atom stereocenters. The number of ether oxygens (including phenoxy) is 2. The van der Waals surface area contributed by atoms with E-state index in [1.165, 1.54) is 0 Å². The predicted molar refractivity (Wildman–Crippen MR) is 110 cm³/mol. The molecule has 7 heteroatoms. The highest BCUT2D eigenvalue weighted by molar-refractivity contribution is 5.95. The highest BCUT2D eigenvalue weighted by atomic mass is 19.1. The van der Waals surface area contributed by atoms with E-state index in [1.54, 1.807) is 12.1 Å². The number of nitrogens with zero attached hydrogens (tertiary/aromatic N) is 2. The normalized spacial score (nSPS) is 10.6. The van der Waals surface area contributed by atoms with Gasteiger partial charge in [0.2, 0.25) is 0 Å². The van der Waals surface area contributed by atoms with Crippen LogP contribution in [0.3, 0.4) is 0 Å². The number of nitriles is 1. The van der Waals surface area contributed by atoms with E-state index in [0.717, 1.165) is 27.9 Å². The van der Waals surface area contributed by atoms with Crippen LogP contribution in [0.2, 0.25) is 0 Å². The molecule has 29 heavy (non-hydrogen) atoms. The van der Waals surface area contributed by atoms with Gasteiger partial charge >= 0.3 is 6.09 Å². The van der Waals surface area contributed by atoms with Crippen LogP contribution in [0.1, 0.15) is 19.4 Å². The molecule has 150 valence electrons. The minimum Gasteiger partial charge on any atom is -0.494 e. The topological polar surface area (TPSA) is 76.3 Å². The first-order valence-electron chi connectivity index (χ1n) is 9.42. The van der Waals surface area contributed by atoms with Crippen LogP contribution < -0.4 is 10.1 Å². The lowest BCUT2D eigenvalue weighted by molar-refractivity contribution is 0.152. The van der Waals surface area contributed by atoms with Crippen molar-refractivity contribution in [3.8, 4) is 23.1 Å². The molecule has 0 spiro atoms. The summed E-state index contributed by atoms with van der Waals surface area (Å²) < 4.78 is 24.4. The third-order valence-electron chi connectivity index (χ3n) is 4.49. The number of hydrogen-bond donors (Lipinski definition) is 1. The van der Waals surface area contributed by atoms with Gasteiger partial charge in [-0.2, -0.15) is 5.26 Å². The predicted octanol–water partition coefficient (Wildman–Crippen LogP) is 5.12. The van der Waals surface area contributed by atoms with E-state index in [0.29, 0.717) is 24.4 Å². The number of anilines is 1. The van der Waals surface area contributed by atoms with Gasteiger partial charge in [0.25, 0.3) is 0 Å². The number of halogens is 1. The molecular weight excluding hydrogens is 373 g/mol. The van der Waals surface area contributed by atoms with Crippen molar-refractivity contribution in [3.05, 3.63) is 48.0 Å². The molecule has 0 aliphatic heterocycles. The summed E-state index contributed by atoms with van der Waals surface area (Å²) in [5.74, 6) is 0.759. The van der Waals surface area contributed by atoms with Gasteiger partial charge in [-0.3, -0.25) is 5.32 Å². The lowest BCUT2D eigenvalue weighted by Gasteiger charge is -2.11. The van der Waals surface area contributed by atoms with Crippen molar-refractivity contribution >= 4 is 22.7 Å². The van der Waals surface area contributed by atoms with Gasteiger partial charge < -0.3 is 14.0 Å². The fourth-order valence-electron chi connectivity index (χ4n) is 3.32. The highest BCUT2D eigenvalue weighted by Gasteiger charge is 2.18. The second kappa shape index (κ2) is 9.11. The van der Waals surface area contributed by atoms with Crippen LogP contribution in [0.4, 0.5) is 14.9 Å². The number of benzene rings is 2. The van der Waals surface area contributed by atoms with Crippen molar-refractivity contribution in [2.24, 2.45) is 0 Å². The average Bonchev–Trinajstić information content (AvgIpc) is 3.05. The van der Waals surface area contributed by atoms with E-state index in [1.807, 2.05) is 44.2 Å². The van der Waals surface area contributed by atoms with E-state index in [4.69, 9.17) is 4.74 Å². The molecule has 2 aromatic carbocycles. The Morgan fingerprint density at radius 2 is 1.97 bits per heavy atom. The van der Waals surface area contributed by atoms with Crippen LogP contribution in [0, 0.1) is 11.3 Å². The second-order valence-corrected chi connectivity index (χ2v) is 6.22. The van der Waals surface area contributed by atoms with E-state index < -0.39 is 12.8 Å². The summed E-state index contributed by atoms with van der Waals surface area (Å²) in [6.45, 7) is 4.19. The van der Waals surface area contributed by atoms with Crippen molar-refractivity contribution in [3.63, 3.8) is 0 Å². The van der Waals surface area contributed by atoms with Crippen molar-refractivity contribution < 1.29 is 18.7 Å². The van der Waals surface area contributed by atoms with Crippen molar-refractivity contribution in [1.29, 1.82) is 5.26 Å². The second-order valence-electron chi connectivity index (χ2n) is 6.22. The van der Waals surface area contributed by atoms with Gasteiger partial charge in [0.05, 0.1) is 23.4 Å². The number of alkyl halides is 1. The number of aromatic nitrogens is 1. The third-order valence-corrected chi connectivity index (χ3v) is 4.49. The zero-order valence-corrected chi connectivity index (χ0v) is 16.4. The Bertz CT molecular complexity index is 1050. The highest BCUT2D eigenvalue weighted by Crippen LogP contribution is 2.35. The van der Waals surface area contributed by atoms with Crippen LogP contribution in [0.5, 0.6) is 5.75 Å². The van der Waals surface area contributed by atoms with Gasteiger partial charge in [-0.15, -0.1) is 0 Å². The lowest BCUT2D eigenvalue weighted by atomic mass is 10.1. The Morgan fingerprint density at radius 1 is 1.21 bits per heavy atom. The Balaban J connectivity index is 2.00. The Hall–Kier alpha value is -3.53. The molecule has 3 aromatic rings. The van der Waals surface area contributed by atoms with Gasteiger partial charge in [0.15, 0.2) is 0 Å². The molecule has 0 radical (unpaired) electrons. The van der Waals surface area contributed by atoms with Crippen LogP contribution >= 0.6 is 0 Å². The fraction of sp³-hybridized carbons (Fsp3) is 0.273. The van der Waals surface area contributed by atoms with E-state index in [9.17, 15) is 14.4 Å². The monoisotopic (exact) mass is 395 g/mol. The average molecular weight is 395 g/mol. The van der Waals surface area contributed by atoms with Crippen molar-refractivity contribution in [2.45, 2.75) is 20.4 Å². The first-order valence-corrected chi connectivity index (χ1v) is 9.42. The summed E-state index contributed by atoms with van der Waals surface area (Å²) in [6, 6.07) is 15.1. The summed E-state index contributed by atoms with van der Waals surface area (Å²) >= 11 is 0. The maximum absolute atomic E-state index is 12.1. The summed E-state index contributed by atoms with van der Waals surface area (Å²) in [5.41, 5.74) is 3.70. The van der Waals surface area contributed by atoms with Crippen LogP contribution in [0.25, 0.3) is 22.2 Å². The number of aryl methyl sites for hydroxylation is 1. The van der Waals surface area contributed by atoms with Gasteiger partial charge in [0.1, 0.15) is 25.1 Å². The number of carbonyl (C=O) groups excluding carboxylic acids is 1. The molecule has 0 aliphatic rings.